The maximum Gasteiger partial charge on any atom is 0.244 e. The molecule has 0 radical (unpaired) electrons. The highest BCUT2D eigenvalue weighted by Crippen LogP contribution is 2.57. The average molecular weight is 652 g/mol. The van der Waals surface area contributed by atoms with Crippen LogP contribution in [-0.2, 0) is 10.2 Å². The lowest BCUT2D eigenvalue weighted by Crippen LogP contribution is -2.38. The van der Waals surface area contributed by atoms with E-state index in [4.69, 9.17) is 28.4 Å². The van der Waals surface area contributed by atoms with Crippen LogP contribution in [0, 0.1) is 16.6 Å². The molecule has 3 aliphatic heterocycles. The Kier molecular flexibility index (Phi) is 8.42. The van der Waals surface area contributed by atoms with Crippen LogP contribution < -0.4 is 33.7 Å². The van der Waals surface area contributed by atoms with E-state index in [-0.39, 0.29) is 49.1 Å². The number of hydrogen-bond acceptors (Lipinski definition) is 9. The number of anilines is 1. The molecule has 10 nitrogen and oxygen atoms in total. The zero-order valence-corrected chi connectivity index (χ0v) is 27.6. The molecule has 0 aromatic heterocycles. The van der Waals surface area contributed by atoms with Crippen LogP contribution >= 0.6 is 0 Å². The van der Waals surface area contributed by atoms with E-state index in [1.807, 2.05) is 41.5 Å². The molecule has 252 valence electrons. The van der Waals surface area contributed by atoms with Crippen molar-refractivity contribution in [3.05, 3.63) is 65.0 Å². The number of amides is 1. The molecule has 0 aliphatic carbocycles. The normalized spacial score (nSPS) is 17.3. The maximum absolute atomic E-state index is 15.2. The van der Waals surface area contributed by atoms with Crippen molar-refractivity contribution in [2.45, 2.75) is 72.0 Å². The number of aliphatic hydroxyl groups excluding tert-OH is 2. The Balaban J connectivity index is 1.56. The van der Waals surface area contributed by atoms with Gasteiger partial charge in [-0.2, -0.15) is 0 Å². The van der Waals surface area contributed by atoms with E-state index in [1.165, 1.54) is 18.2 Å². The first kappa shape index (κ1) is 32.7. The summed E-state index contributed by atoms with van der Waals surface area (Å²) in [5.74, 6) is 0.918. The highest BCUT2D eigenvalue weighted by Gasteiger charge is 2.54. The average Bonchev–Trinajstić information content (AvgIpc) is 3.69. The number of ether oxygens (including phenoxy) is 6. The van der Waals surface area contributed by atoms with Gasteiger partial charge in [0.1, 0.15) is 35.9 Å². The Morgan fingerprint density at radius 1 is 0.745 bits per heavy atom. The van der Waals surface area contributed by atoms with Gasteiger partial charge in [-0.25, -0.2) is 4.39 Å². The minimum absolute atomic E-state index is 0.0423. The molecule has 2 atom stereocenters. The second-order valence-electron chi connectivity index (χ2n) is 14.8. The van der Waals surface area contributed by atoms with Crippen LogP contribution in [0.3, 0.4) is 0 Å². The Morgan fingerprint density at radius 2 is 1.19 bits per heavy atom. The van der Waals surface area contributed by atoms with Gasteiger partial charge in [0.2, 0.25) is 19.5 Å². The molecule has 0 unspecified atom stereocenters. The van der Waals surface area contributed by atoms with Crippen molar-refractivity contribution in [1.82, 2.24) is 0 Å². The summed E-state index contributed by atoms with van der Waals surface area (Å²) in [5, 5.41) is 24.7. The lowest BCUT2D eigenvalue weighted by atomic mass is 9.69. The van der Waals surface area contributed by atoms with E-state index in [2.05, 4.69) is 5.32 Å². The number of aliphatic hydroxyl groups is 2. The zero-order chi connectivity index (χ0) is 33.7. The van der Waals surface area contributed by atoms with Crippen molar-refractivity contribution in [2.24, 2.45) is 10.8 Å². The highest BCUT2D eigenvalue weighted by molar-refractivity contribution is 6.12. The molecule has 0 bridgehead atoms. The fourth-order valence-corrected chi connectivity index (χ4v) is 6.53. The smallest absolute Gasteiger partial charge is 0.244 e. The first-order chi connectivity index (χ1) is 22.1. The van der Waals surface area contributed by atoms with Gasteiger partial charge in [0.05, 0.1) is 12.2 Å². The third-order valence-electron chi connectivity index (χ3n) is 8.29. The van der Waals surface area contributed by atoms with Gasteiger partial charge in [-0.1, -0.05) is 41.5 Å². The Morgan fingerprint density at radius 3 is 1.64 bits per heavy atom. The minimum atomic E-state index is -1.77. The highest BCUT2D eigenvalue weighted by atomic mass is 19.1. The molecule has 0 saturated carbocycles. The van der Waals surface area contributed by atoms with E-state index in [0.717, 1.165) is 0 Å². The Bertz CT molecular complexity index is 1590. The summed E-state index contributed by atoms with van der Waals surface area (Å²) < 4.78 is 50.7. The van der Waals surface area contributed by atoms with Crippen LogP contribution in [0.2, 0.25) is 0 Å². The van der Waals surface area contributed by atoms with Gasteiger partial charge in [0.25, 0.3) is 0 Å². The minimum Gasteiger partial charge on any atom is -0.490 e. The van der Waals surface area contributed by atoms with Crippen molar-refractivity contribution in [3.63, 3.8) is 0 Å². The standard InChI is InChI=1S/C36H42FNO9/c1-34(2,3)14-21(39)16-42-27-12-31-29(44-18-46-31)10-24(27)36(23-9-20(37)7-8-26(23)38-33(36)41)25-11-30-32(47-19-45-30)13-28(25)43-17-22(40)15-35(4,5)6/h7-13,21-22,39-40H,14-19H2,1-6H3,(H,38,41)/t21-,22-/m1/s1. The number of carbonyl (C=O) groups excluding carboxylic acids is 1. The van der Waals surface area contributed by atoms with Gasteiger partial charge in [0, 0.05) is 34.5 Å². The fourth-order valence-electron chi connectivity index (χ4n) is 6.53. The van der Waals surface area contributed by atoms with Gasteiger partial charge >= 0.3 is 0 Å². The second-order valence-corrected chi connectivity index (χ2v) is 14.8. The largest absolute Gasteiger partial charge is 0.490 e. The quantitative estimate of drug-likeness (QED) is 0.245. The first-order valence-electron chi connectivity index (χ1n) is 15.8. The predicted molar refractivity (Wildman–Crippen MR) is 171 cm³/mol. The summed E-state index contributed by atoms with van der Waals surface area (Å²) in [6, 6.07) is 10.6. The summed E-state index contributed by atoms with van der Waals surface area (Å²) in [7, 11) is 0. The second kappa shape index (κ2) is 12.1. The van der Waals surface area contributed by atoms with Gasteiger partial charge in [-0.15, -0.1) is 0 Å². The molecular weight excluding hydrogens is 609 g/mol. The molecule has 1 amide bonds. The molecule has 6 rings (SSSR count). The SMILES string of the molecule is CC(C)(C)C[C@@H](O)COc1cc2c(cc1C1(c3cc4c(cc3OC[C@H](O)CC(C)(C)C)OCO4)C(=O)Nc3ccc(F)cc31)OCO2. The maximum atomic E-state index is 15.2. The van der Waals surface area contributed by atoms with Gasteiger partial charge in [-0.05, 0) is 54.0 Å². The van der Waals surface area contributed by atoms with Crippen molar-refractivity contribution in [1.29, 1.82) is 0 Å². The lowest BCUT2D eigenvalue weighted by Gasteiger charge is -2.33. The molecule has 3 aromatic carbocycles. The van der Waals surface area contributed by atoms with Crippen LogP contribution in [0.5, 0.6) is 34.5 Å². The lowest BCUT2D eigenvalue weighted by molar-refractivity contribution is -0.118. The molecule has 0 saturated heterocycles. The van der Waals surface area contributed by atoms with E-state index >= 15 is 4.39 Å². The fraction of sp³-hybridized carbons (Fsp3) is 0.472. The van der Waals surface area contributed by atoms with E-state index < -0.39 is 29.3 Å². The summed E-state index contributed by atoms with van der Waals surface area (Å²) in [6.07, 6.45) is -0.715. The number of rotatable bonds is 10. The van der Waals surface area contributed by atoms with Crippen LogP contribution in [0.4, 0.5) is 10.1 Å². The van der Waals surface area contributed by atoms with Crippen LogP contribution in [0.15, 0.2) is 42.5 Å². The van der Waals surface area contributed by atoms with Crippen molar-refractivity contribution >= 4 is 11.6 Å². The summed E-state index contributed by atoms with van der Waals surface area (Å²) in [4.78, 5) is 14.6. The van der Waals surface area contributed by atoms with E-state index in [1.54, 1.807) is 24.3 Å². The molecule has 47 heavy (non-hydrogen) atoms. The third kappa shape index (κ3) is 6.51. The number of fused-ring (bicyclic) bond motifs is 3. The van der Waals surface area contributed by atoms with Crippen molar-refractivity contribution in [2.75, 3.05) is 32.1 Å². The molecule has 0 spiro atoms. The van der Waals surface area contributed by atoms with E-state index in [9.17, 15) is 15.0 Å². The molecule has 3 N–H and O–H groups in total. The number of nitrogens with one attached hydrogen (secondary N) is 1. The molecule has 0 fully saturated rings. The van der Waals surface area contributed by atoms with Crippen molar-refractivity contribution < 1.29 is 47.8 Å². The van der Waals surface area contributed by atoms with Gasteiger partial charge in [-0.3, -0.25) is 4.79 Å². The van der Waals surface area contributed by atoms with Crippen molar-refractivity contribution in [3.8, 4) is 34.5 Å². The zero-order valence-electron chi connectivity index (χ0n) is 27.6. The molecule has 3 heterocycles. The summed E-state index contributed by atoms with van der Waals surface area (Å²) in [5.41, 5.74) is -0.784. The third-order valence-corrected chi connectivity index (χ3v) is 8.29. The summed E-state index contributed by atoms with van der Waals surface area (Å²) >= 11 is 0. The van der Waals surface area contributed by atoms with Gasteiger partial charge < -0.3 is 44.0 Å². The van der Waals surface area contributed by atoms with Crippen LogP contribution in [0.25, 0.3) is 0 Å². The van der Waals surface area contributed by atoms with Crippen LogP contribution in [-0.4, -0.2) is 55.1 Å². The molecular formula is C36H42FNO9. The number of hydrogen-bond donors (Lipinski definition) is 3. The van der Waals surface area contributed by atoms with E-state index in [0.29, 0.717) is 58.2 Å². The number of benzene rings is 3. The Labute approximate surface area is 273 Å². The predicted octanol–water partition coefficient (Wildman–Crippen LogP) is 5.92. The van der Waals surface area contributed by atoms with Crippen LogP contribution in [0.1, 0.15) is 71.1 Å². The number of carbonyl (C=O) groups is 1. The molecule has 3 aromatic rings. The monoisotopic (exact) mass is 651 g/mol. The van der Waals surface area contributed by atoms with Gasteiger partial charge in [0.15, 0.2) is 23.0 Å². The molecule has 3 aliphatic rings. The first-order valence-corrected chi connectivity index (χ1v) is 15.8. The molecule has 11 heteroatoms. The topological polar surface area (TPSA) is 125 Å². The Hall–Kier alpha value is -4.22. The number of halogens is 1. The summed E-state index contributed by atoms with van der Waals surface area (Å²) in [6.45, 7) is 11.9.